The maximum atomic E-state index is 11.4. The second-order valence-electron chi connectivity index (χ2n) is 5.35. The summed E-state index contributed by atoms with van der Waals surface area (Å²) in [6.45, 7) is 3.98. The molecule has 18 heavy (non-hydrogen) atoms. The lowest BCUT2D eigenvalue weighted by molar-refractivity contribution is -0.148. The van der Waals surface area contributed by atoms with Crippen LogP contribution in [0.2, 0.25) is 0 Å². The molecule has 1 atom stereocenters. The molecule has 0 amide bonds. The first kappa shape index (κ1) is 15.4. The summed E-state index contributed by atoms with van der Waals surface area (Å²) in [5.74, 6) is -0.535. The van der Waals surface area contributed by atoms with Gasteiger partial charge in [-0.25, -0.2) is 8.42 Å². The number of carbonyl (C=O) groups is 1. The van der Waals surface area contributed by atoms with Gasteiger partial charge in [-0.15, -0.1) is 0 Å². The first-order valence-electron chi connectivity index (χ1n) is 6.42. The van der Waals surface area contributed by atoms with E-state index in [9.17, 15) is 18.3 Å². The summed E-state index contributed by atoms with van der Waals surface area (Å²) >= 11 is 0. The summed E-state index contributed by atoms with van der Waals surface area (Å²) in [6.07, 6.45) is 4.06. The Morgan fingerprint density at radius 1 is 1.44 bits per heavy atom. The molecule has 0 aromatic rings. The summed E-state index contributed by atoms with van der Waals surface area (Å²) < 4.78 is 22.1. The van der Waals surface area contributed by atoms with Gasteiger partial charge in [-0.1, -0.05) is 13.3 Å². The van der Waals surface area contributed by atoms with E-state index in [1.807, 2.05) is 6.92 Å². The minimum absolute atomic E-state index is 0.178. The van der Waals surface area contributed by atoms with Crippen LogP contribution < -0.4 is 0 Å². The van der Waals surface area contributed by atoms with E-state index in [1.165, 1.54) is 6.26 Å². The number of hydrogen-bond acceptors (Lipinski definition) is 4. The molecule has 0 aromatic heterocycles. The van der Waals surface area contributed by atoms with Crippen molar-refractivity contribution in [3.63, 3.8) is 0 Å². The molecule has 0 radical (unpaired) electrons. The number of hydrogen-bond donors (Lipinski definition) is 1. The standard InChI is InChI=1S/C12H23NO4S/c1-3-5-12(11(14)15)6-8-13(10-12)7-4-9-18(2,16)17/h3-10H2,1-2H3,(H,14,15). The molecule has 1 fully saturated rings. The highest BCUT2D eigenvalue weighted by Crippen LogP contribution is 2.35. The molecular weight excluding hydrogens is 254 g/mol. The number of carboxylic acids is 1. The number of aliphatic carboxylic acids is 1. The van der Waals surface area contributed by atoms with Gasteiger partial charge in [-0.05, 0) is 32.4 Å². The van der Waals surface area contributed by atoms with Crippen molar-refractivity contribution < 1.29 is 18.3 Å². The van der Waals surface area contributed by atoms with E-state index in [2.05, 4.69) is 4.90 Å². The third-order valence-electron chi connectivity index (χ3n) is 3.60. The van der Waals surface area contributed by atoms with E-state index in [1.54, 1.807) is 0 Å². The third kappa shape index (κ3) is 4.24. The van der Waals surface area contributed by atoms with Crippen molar-refractivity contribution in [2.45, 2.75) is 32.6 Å². The molecule has 6 heteroatoms. The first-order chi connectivity index (χ1) is 8.29. The van der Waals surface area contributed by atoms with Crippen LogP contribution in [0, 0.1) is 5.41 Å². The van der Waals surface area contributed by atoms with Gasteiger partial charge < -0.3 is 10.0 Å². The molecule has 5 nitrogen and oxygen atoms in total. The smallest absolute Gasteiger partial charge is 0.310 e. The number of sulfone groups is 1. The minimum Gasteiger partial charge on any atom is -0.481 e. The molecule has 1 saturated heterocycles. The van der Waals surface area contributed by atoms with Gasteiger partial charge in [0.15, 0.2) is 0 Å². The van der Waals surface area contributed by atoms with Gasteiger partial charge in [-0.3, -0.25) is 4.79 Å². The van der Waals surface area contributed by atoms with Crippen molar-refractivity contribution in [3.05, 3.63) is 0 Å². The number of likely N-dealkylation sites (tertiary alicyclic amines) is 1. The van der Waals surface area contributed by atoms with Gasteiger partial charge in [-0.2, -0.15) is 0 Å². The highest BCUT2D eigenvalue weighted by atomic mass is 32.2. The van der Waals surface area contributed by atoms with Gasteiger partial charge in [0.2, 0.25) is 0 Å². The number of nitrogens with zero attached hydrogens (tertiary/aromatic N) is 1. The quantitative estimate of drug-likeness (QED) is 0.751. The summed E-state index contributed by atoms with van der Waals surface area (Å²) in [7, 11) is -2.91. The molecule has 0 saturated carbocycles. The zero-order valence-electron chi connectivity index (χ0n) is 11.2. The molecule has 1 aliphatic rings. The second kappa shape index (κ2) is 6.02. The lowest BCUT2D eigenvalue weighted by atomic mass is 9.83. The van der Waals surface area contributed by atoms with E-state index in [0.717, 1.165) is 13.0 Å². The Hall–Kier alpha value is -0.620. The molecule has 1 unspecified atom stereocenters. The van der Waals surface area contributed by atoms with Crippen LogP contribution >= 0.6 is 0 Å². The van der Waals surface area contributed by atoms with E-state index in [0.29, 0.717) is 32.4 Å². The van der Waals surface area contributed by atoms with Crippen LogP contribution in [0.1, 0.15) is 32.6 Å². The van der Waals surface area contributed by atoms with Crippen LogP contribution in [0.3, 0.4) is 0 Å². The zero-order chi connectivity index (χ0) is 13.8. The van der Waals surface area contributed by atoms with E-state index in [-0.39, 0.29) is 5.75 Å². The van der Waals surface area contributed by atoms with Gasteiger partial charge in [0.25, 0.3) is 0 Å². The van der Waals surface area contributed by atoms with Crippen molar-refractivity contribution in [1.82, 2.24) is 4.90 Å². The molecular formula is C12H23NO4S. The van der Waals surface area contributed by atoms with Crippen molar-refractivity contribution in [2.75, 3.05) is 31.6 Å². The largest absolute Gasteiger partial charge is 0.481 e. The number of carboxylic acid groups (broad SMARTS) is 1. The highest BCUT2D eigenvalue weighted by Gasteiger charge is 2.43. The van der Waals surface area contributed by atoms with Crippen molar-refractivity contribution >= 4 is 15.8 Å². The Labute approximate surface area is 109 Å². The Balaban J connectivity index is 2.46. The lowest BCUT2D eigenvalue weighted by Crippen LogP contribution is -2.35. The molecule has 1 heterocycles. The van der Waals surface area contributed by atoms with Crippen molar-refractivity contribution in [1.29, 1.82) is 0 Å². The van der Waals surface area contributed by atoms with E-state index >= 15 is 0 Å². The van der Waals surface area contributed by atoms with Crippen LogP contribution in [0.4, 0.5) is 0 Å². The van der Waals surface area contributed by atoms with E-state index < -0.39 is 21.2 Å². The molecule has 106 valence electrons. The molecule has 1 rings (SSSR count). The summed E-state index contributed by atoms with van der Waals surface area (Å²) in [5.41, 5.74) is -0.611. The maximum absolute atomic E-state index is 11.4. The number of rotatable bonds is 7. The van der Waals surface area contributed by atoms with Gasteiger partial charge >= 0.3 is 5.97 Å². The van der Waals surface area contributed by atoms with Crippen molar-refractivity contribution in [3.8, 4) is 0 Å². The topological polar surface area (TPSA) is 74.7 Å². The van der Waals surface area contributed by atoms with Gasteiger partial charge in [0.05, 0.1) is 11.2 Å². The maximum Gasteiger partial charge on any atom is 0.310 e. The van der Waals surface area contributed by atoms with Crippen LogP contribution in [0.5, 0.6) is 0 Å². The molecule has 0 spiro atoms. The second-order valence-corrected chi connectivity index (χ2v) is 7.60. The fourth-order valence-electron chi connectivity index (χ4n) is 2.66. The predicted molar refractivity (Wildman–Crippen MR) is 70.4 cm³/mol. The minimum atomic E-state index is -2.91. The average molecular weight is 277 g/mol. The predicted octanol–water partition coefficient (Wildman–Crippen LogP) is 0.998. The van der Waals surface area contributed by atoms with Crippen LogP contribution in [0.15, 0.2) is 0 Å². The zero-order valence-corrected chi connectivity index (χ0v) is 12.0. The fraction of sp³-hybridized carbons (Fsp3) is 0.917. The lowest BCUT2D eigenvalue weighted by Gasteiger charge is -2.24. The monoisotopic (exact) mass is 277 g/mol. The van der Waals surface area contributed by atoms with Crippen LogP contribution in [0.25, 0.3) is 0 Å². The van der Waals surface area contributed by atoms with Gasteiger partial charge in [0.1, 0.15) is 9.84 Å². The summed E-state index contributed by atoms with van der Waals surface area (Å²) in [4.78, 5) is 13.4. The average Bonchev–Trinajstić information content (AvgIpc) is 2.61. The normalized spacial score (nSPS) is 25.4. The third-order valence-corrected chi connectivity index (χ3v) is 4.63. The van der Waals surface area contributed by atoms with E-state index in [4.69, 9.17) is 0 Å². The van der Waals surface area contributed by atoms with Crippen LogP contribution in [-0.2, 0) is 14.6 Å². The van der Waals surface area contributed by atoms with Crippen molar-refractivity contribution in [2.24, 2.45) is 5.41 Å². The molecule has 0 bridgehead atoms. The molecule has 1 N–H and O–H groups in total. The first-order valence-corrected chi connectivity index (χ1v) is 8.48. The van der Waals surface area contributed by atoms with Gasteiger partial charge in [0, 0.05) is 12.8 Å². The summed E-state index contributed by atoms with van der Waals surface area (Å²) in [5, 5.41) is 9.34. The Morgan fingerprint density at radius 3 is 2.61 bits per heavy atom. The highest BCUT2D eigenvalue weighted by molar-refractivity contribution is 7.90. The van der Waals surface area contributed by atoms with Crippen LogP contribution in [-0.4, -0.2) is 56.0 Å². The Bertz CT molecular complexity index is 393. The Morgan fingerprint density at radius 2 is 2.11 bits per heavy atom. The Kier molecular flexibility index (Phi) is 5.16. The fourth-order valence-corrected chi connectivity index (χ4v) is 3.32. The summed E-state index contributed by atoms with van der Waals surface area (Å²) in [6, 6.07) is 0. The molecule has 1 aliphatic heterocycles. The SMILES string of the molecule is CCCC1(C(=O)O)CCN(CCCS(C)(=O)=O)C1. The molecule has 0 aliphatic carbocycles. The molecule has 0 aromatic carbocycles.